The molecule has 9 heterocycles. The molecular weight excluding hydrogens is 1820 g/mol. The number of phenols is 1. The molecule has 1 fully saturated rings. The zero-order valence-corrected chi connectivity index (χ0v) is 80.9. The van der Waals surface area contributed by atoms with Crippen molar-refractivity contribution in [1.29, 1.82) is 0 Å². The Bertz CT molecular complexity index is 4670. The van der Waals surface area contributed by atoms with Gasteiger partial charge in [0.25, 0.3) is 6.47 Å². The van der Waals surface area contributed by atoms with Crippen LogP contribution >= 0.6 is 45.8 Å². The predicted octanol–water partition coefficient (Wildman–Crippen LogP) is 8.53. The van der Waals surface area contributed by atoms with E-state index in [9.17, 15) is 29.1 Å². The number of aromatic nitrogens is 10. The van der Waals surface area contributed by atoms with E-state index in [2.05, 4.69) is 77.3 Å². The number of hydrogen-bond donors (Lipinski definition) is 3. The summed E-state index contributed by atoms with van der Waals surface area (Å²) in [5.74, 6) is 1.28. The summed E-state index contributed by atoms with van der Waals surface area (Å²) in [7, 11) is -0.314. The fourth-order valence-electron chi connectivity index (χ4n) is 10.4. The number of aromatic amines is 2. The molecule has 34 heteroatoms. The molecular formula is C77H87BCl2Cs2IN13O15. The maximum absolute atomic E-state index is 12.9. The number of nitrogens with one attached hydrogen (secondary N) is 2. The van der Waals surface area contributed by atoms with E-state index in [0.29, 0.717) is 91.0 Å². The number of H-pyrrole nitrogens is 2. The van der Waals surface area contributed by atoms with Gasteiger partial charge in [0, 0.05) is 74.5 Å². The van der Waals surface area contributed by atoms with Crippen molar-refractivity contribution in [2.24, 2.45) is 0 Å². The van der Waals surface area contributed by atoms with Crippen LogP contribution in [-0.2, 0) is 33.2 Å². The first-order valence-corrected chi connectivity index (χ1v) is 36.4. The first-order chi connectivity index (χ1) is 51.5. The molecule has 0 radical (unpaired) electrons. The fourth-order valence-corrected chi connectivity index (χ4v) is 11.0. The molecule has 0 aliphatic carbocycles. The zero-order valence-electron chi connectivity index (χ0n) is 65.7. The largest absolute Gasteiger partial charge is 1.00 e. The standard InChI is InChI=1S/C28H27N5O4.C16H28BNO4.C14H18ClN3O2.C14H10N2O2.C4H2ClIN2.CH2O3.2Cs.H/c1-28(2,3)37-27(35)33-14-12-18(13-15-33)21-16-29-17-30-26(21)36-20-10-8-19(9-11-20)24(34)25-31-22-6-4-5-7-23(22)32-25;1-14(2,3)20-13(19)18-10-8-12(9-11-18)17-21-15(4,5)16(6,7)22-17;1-14(2,3)20-13(19)18-6-4-10(5-7-18)11-8-16-9-17-12(11)15;17-10-7-5-9(6-8-10)13(18)14-15-11-3-1-2-4-12(11)16-14;5-4-3(6)1-7-2-8-4;2-1-4-3;;;/h4-12,16-17H,13-15H2,1-3H3,(H,31,32);8H,9-11H2,1-7H3;4,8-9H,5-7H2,1-3H3;1-8,17H,(H,15,16);1-2H;1,3H;;;/q;;;;;;2*+1;-1/p-1. The number of carbonyl (C=O) groups excluding carboxylic acids is 6. The van der Waals surface area contributed by atoms with Gasteiger partial charge < -0.3 is 69.6 Å². The number of carbonyl (C=O) groups is 6. The van der Waals surface area contributed by atoms with Crippen molar-refractivity contribution in [3.63, 3.8) is 0 Å². The first kappa shape index (κ1) is 93.7. The Morgan fingerprint density at radius 2 is 0.973 bits per heavy atom. The number of ketones is 2. The minimum absolute atomic E-state index is 0. The summed E-state index contributed by atoms with van der Waals surface area (Å²) in [6, 6.07) is 27.9. The van der Waals surface area contributed by atoms with E-state index in [0.717, 1.165) is 59.8 Å². The van der Waals surface area contributed by atoms with Crippen LogP contribution in [-0.4, -0.2) is 180 Å². The number of rotatable bonds is 10. The minimum atomic E-state index is -0.540. The average Bonchev–Trinajstić information content (AvgIpc) is 1.62. The number of halogens is 3. The fraction of sp³-hybridized carbons (Fsp3) is 0.351. The van der Waals surface area contributed by atoms with Crippen LogP contribution in [0.3, 0.4) is 0 Å². The van der Waals surface area contributed by atoms with Crippen LogP contribution in [0.15, 0.2) is 158 Å². The second kappa shape index (κ2) is 43.0. The molecule has 28 nitrogen and oxygen atoms in total. The number of para-hydroxylation sites is 4. The zero-order chi connectivity index (χ0) is 79.4. The van der Waals surface area contributed by atoms with Gasteiger partial charge >= 0.3 is 163 Å². The minimum Gasteiger partial charge on any atom is -1.00 e. The van der Waals surface area contributed by atoms with Gasteiger partial charge in [-0.3, -0.25) is 14.4 Å². The third kappa shape index (κ3) is 28.7. The molecule has 3 N–H and O–H groups in total. The molecule has 4 aliphatic rings. The van der Waals surface area contributed by atoms with E-state index in [1.807, 2.05) is 157 Å². The van der Waals surface area contributed by atoms with Gasteiger partial charge in [-0.2, -0.15) is 0 Å². The Morgan fingerprint density at radius 3 is 1.35 bits per heavy atom. The van der Waals surface area contributed by atoms with E-state index >= 15 is 0 Å². The Morgan fingerprint density at radius 1 is 0.577 bits per heavy atom. The first-order valence-electron chi connectivity index (χ1n) is 34.5. The molecule has 5 aromatic heterocycles. The quantitative estimate of drug-likeness (QED) is 0.0169. The Balaban J connectivity index is 0.000000261. The Kier molecular flexibility index (Phi) is 36.3. The van der Waals surface area contributed by atoms with Crippen LogP contribution in [0.5, 0.6) is 17.4 Å². The van der Waals surface area contributed by atoms with E-state index in [1.54, 1.807) is 69.7 Å². The number of aromatic hydroxyl groups is 1. The van der Waals surface area contributed by atoms with Crippen LogP contribution in [0.4, 0.5) is 14.4 Å². The third-order valence-corrected chi connectivity index (χ3v) is 18.2. The van der Waals surface area contributed by atoms with Crippen molar-refractivity contribution in [2.75, 3.05) is 39.3 Å². The smallest absolute Gasteiger partial charge is 1.00 e. The number of ether oxygens (including phenoxy) is 4. The van der Waals surface area contributed by atoms with Gasteiger partial charge in [0.1, 0.15) is 57.6 Å². The molecule has 0 spiro atoms. The van der Waals surface area contributed by atoms with E-state index in [-0.39, 0.29) is 205 Å². The topological polar surface area (TPSA) is 355 Å². The van der Waals surface area contributed by atoms with Gasteiger partial charge in [-0.1, -0.05) is 65.7 Å². The van der Waals surface area contributed by atoms with Crippen LogP contribution in [0.25, 0.3) is 33.2 Å². The van der Waals surface area contributed by atoms with E-state index in [4.69, 9.17) is 61.5 Å². The SMILES string of the molecule is CC(C)(C)OC(=O)N1CC=C(B2OC(C)(C)C(C)(C)O2)CC1.CC(C)(C)OC(=O)N1CC=C(c2cncnc2Cl)CC1.CC(C)(C)OC(=O)N1CC=C(c2cncnc2Oc2ccc(C(=O)c3nc4ccccc4[nH]3)cc2)CC1.Clc1ncncc1I.O=C(c1ccc(O)cc1)c1nc2ccccc2[nH]1.O=CO[O-].[Cs+].[Cs+].[H-]. The molecule has 576 valence electrons. The van der Waals surface area contributed by atoms with Crippen molar-refractivity contribution in [3.05, 3.63) is 206 Å². The van der Waals surface area contributed by atoms with Crippen LogP contribution in [0, 0.1) is 3.57 Å². The molecule has 111 heavy (non-hydrogen) atoms. The Labute approximate surface area is 787 Å². The summed E-state index contributed by atoms with van der Waals surface area (Å²) < 4.78 is 35.3. The van der Waals surface area contributed by atoms with E-state index < -0.39 is 16.8 Å². The number of phenolic OH excluding ortho intramolecular Hbond substituents is 1. The van der Waals surface area contributed by atoms with Gasteiger partial charge in [-0.05, 0) is 221 Å². The molecule has 4 aromatic carbocycles. The number of fused-ring (bicyclic) bond motifs is 2. The van der Waals surface area contributed by atoms with Crippen molar-refractivity contribution < 1.29 is 211 Å². The molecule has 0 atom stereocenters. The number of amides is 3. The van der Waals surface area contributed by atoms with Crippen molar-refractivity contribution in [2.45, 2.75) is 137 Å². The number of imidazole rings is 2. The van der Waals surface area contributed by atoms with Gasteiger partial charge in [-0.15, -0.1) is 0 Å². The summed E-state index contributed by atoms with van der Waals surface area (Å²) in [6.45, 7) is 28.0. The van der Waals surface area contributed by atoms with Gasteiger partial charge in [-0.25, -0.2) is 54.3 Å². The average molecular weight is 1910 g/mol. The van der Waals surface area contributed by atoms with Crippen LogP contribution < -0.4 is 148 Å². The maximum Gasteiger partial charge on any atom is 1.00 e. The second-order valence-corrected chi connectivity index (χ2v) is 30.6. The molecule has 13 rings (SSSR count). The second-order valence-electron chi connectivity index (χ2n) is 28.7. The van der Waals surface area contributed by atoms with Gasteiger partial charge in [0.2, 0.25) is 17.4 Å². The summed E-state index contributed by atoms with van der Waals surface area (Å²) in [6.07, 6.45) is 16.5. The van der Waals surface area contributed by atoms with Crippen molar-refractivity contribution >= 4 is 122 Å². The monoisotopic (exact) mass is 1910 g/mol. The van der Waals surface area contributed by atoms with E-state index in [1.165, 1.54) is 31.1 Å². The summed E-state index contributed by atoms with van der Waals surface area (Å²) in [5, 5.41) is 18.6. The Hall–Kier alpha value is -6.14. The molecule has 1 saturated heterocycles. The van der Waals surface area contributed by atoms with Crippen molar-refractivity contribution in [1.82, 2.24) is 64.5 Å². The maximum atomic E-state index is 12.9. The van der Waals surface area contributed by atoms with Crippen LogP contribution in [0.2, 0.25) is 10.3 Å². The summed E-state index contributed by atoms with van der Waals surface area (Å²) >= 11 is 13.7. The molecule has 0 saturated carbocycles. The summed E-state index contributed by atoms with van der Waals surface area (Å²) in [5.41, 5.74) is 6.75. The third-order valence-electron chi connectivity index (χ3n) is 16.5. The molecule has 3 amide bonds. The normalized spacial score (nSPS) is 14.8. The molecule has 9 aromatic rings. The van der Waals surface area contributed by atoms with Crippen LogP contribution in [0.1, 0.15) is 154 Å². The number of nitrogens with zero attached hydrogens (tertiary/aromatic N) is 11. The summed E-state index contributed by atoms with van der Waals surface area (Å²) in [4.78, 5) is 116. The molecule has 0 unspecified atom stereocenters. The van der Waals surface area contributed by atoms with Crippen molar-refractivity contribution in [3.8, 4) is 17.4 Å². The predicted molar refractivity (Wildman–Crippen MR) is 418 cm³/mol. The molecule has 4 aliphatic heterocycles. The number of benzene rings is 4. The van der Waals surface area contributed by atoms with Gasteiger partial charge in [0.05, 0.1) is 42.4 Å². The van der Waals surface area contributed by atoms with Gasteiger partial charge in [0.15, 0.2) is 11.6 Å². The number of hydrogen-bond acceptors (Lipinski definition) is 23. The molecule has 0 bridgehead atoms.